The molecule has 2 atom stereocenters. The summed E-state index contributed by atoms with van der Waals surface area (Å²) in [6.07, 6.45) is 1.17. The highest BCUT2D eigenvalue weighted by Gasteiger charge is 2.24. The molecule has 2 rings (SSSR count). The minimum Gasteiger partial charge on any atom is -0.483 e. The van der Waals surface area contributed by atoms with Gasteiger partial charge in [0.2, 0.25) is 0 Å². The number of benzene rings is 1. The van der Waals surface area contributed by atoms with Crippen molar-refractivity contribution in [1.29, 1.82) is 0 Å². The van der Waals surface area contributed by atoms with E-state index in [9.17, 15) is 4.79 Å². The smallest absolute Gasteiger partial charge is 0.257 e. The molecule has 1 heterocycles. The van der Waals surface area contributed by atoms with E-state index < -0.39 is 0 Å². The summed E-state index contributed by atoms with van der Waals surface area (Å²) in [7, 11) is 0. The molecule has 1 aromatic carbocycles. The number of hydrogen-bond acceptors (Lipinski definition) is 4. The molecular weight excluding hydrogens is 288 g/mol. The second-order valence-corrected chi connectivity index (χ2v) is 5.52. The van der Waals surface area contributed by atoms with Crippen LogP contribution in [0, 0.1) is 5.92 Å². The molecule has 0 saturated carbocycles. The predicted octanol–water partition coefficient (Wildman–Crippen LogP) is 1.24. The normalized spacial score (nSPS) is 21.0. The van der Waals surface area contributed by atoms with Crippen LogP contribution in [0.15, 0.2) is 24.3 Å². The van der Waals surface area contributed by atoms with Gasteiger partial charge in [-0.2, -0.15) is 0 Å². The number of hydrogen-bond donors (Lipinski definition) is 2. The molecular formula is C15H20N2O3S. The maximum absolute atomic E-state index is 11.8. The van der Waals surface area contributed by atoms with Crippen LogP contribution >= 0.6 is 12.2 Å². The summed E-state index contributed by atoms with van der Waals surface area (Å²) < 4.78 is 10.9. The second kappa shape index (κ2) is 7.38. The molecule has 1 aliphatic heterocycles. The maximum Gasteiger partial charge on any atom is 0.257 e. The number of nitrogens with two attached hydrogens (primary N) is 1. The molecule has 0 aromatic heterocycles. The van der Waals surface area contributed by atoms with Crippen LogP contribution in [0.25, 0.3) is 0 Å². The van der Waals surface area contributed by atoms with E-state index in [0.29, 0.717) is 23.8 Å². The number of nitrogens with one attached hydrogen (secondary N) is 1. The van der Waals surface area contributed by atoms with Gasteiger partial charge in [0, 0.05) is 19.1 Å². The molecule has 1 amide bonds. The van der Waals surface area contributed by atoms with E-state index in [0.717, 1.165) is 13.0 Å². The summed E-state index contributed by atoms with van der Waals surface area (Å²) in [5, 5.41) is 2.87. The first kappa shape index (κ1) is 15.7. The Morgan fingerprint density at radius 2 is 2.29 bits per heavy atom. The van der Waals surface area contributed by atoms with Crippen molar-refractivity contribution < 1.29 is 14.3 Å². The van der Waals surface area contributed by atoms with E-state index in [1.807, 2.05) is 19.1 Å². The Bertz CT molecular complexity index is 521. The van der Waals surface area contributed by atoms with Gasteiger partial charge in [-0.15, -0.1) is 0 Å². The zero-order valence-electron chi connectivity index (χ0n) is 12.0. The molecule has 0 spiro atoms. The molecule has 1 saturated heterocycles. The summed E-state index contributed by atoms with van der Waals surface area (Å²) in [5.74, 6) is 0.738. The Labute approximate surface area is 129 Å². The van der Waals surface area contributed by atoms with Crippen molar-refractivity contribution >= 4 is 23.1 Å². The Morgan fingerprint density at radius 3 is 2.95 bits per heavy atom. The standard InChI is InChI=1S/C15H20N2O3S/c1-10-11(6-7-19-10)8-17-14(18)9-20-13-5-3-2-4-12(13)15(16)21/h2-5,10-11H,6-9H2,1H3,(H2,16,21)(H,17,18). The molecule has 3 N–H and O–H groups in total. The second-order valence-electron chi connectivity index (χ2n) is 5.08. The zero-order chi connectivity index (χ0) is 15.2. The lowest BCUT2D eigenvalue weighted by molar-refractivity contribution is -0.123. The minimum absolute atomic E-state index is 0.0540. The fraction of sp³-hybridized carbons (Fsp3) is 0.467. The van der Waals surface area contributed by atoms with Gasteiger partial charge in [-0.25, -0.2) is 0 Å². The monoisotopic (exact) mass is 308 g/mol. The van der Waals surface area contributed by atoms with E-state index in [1.165, 1.54) is 0 Å². The Hall–Kier alpha value is -1.66. The molecule has 2 unspecified atom stereocenters. The van der Waals surface area contributed by atoms with Crippen molar-refractivity contribution in [2.45, 2.75) is 19.4 Å². The van der Waals surface area contributed by atoms with E-state index >= 15 is 0 Å². The lowest BCUT2D eigenvalue weighted by Gasteiger charge is -2.15. The number of rotatable bonds is 6. The largest absolute Gasteiger partial charge is 0.483 e. The van der Waals surface area contributed by atoms with Gasteiger partial charge in [0.25, 0.3) is 5.91 Å². The highest BCUT2D eigenvalue weighted by Crippen LogP contribution is 2.19. The Kier molecular flexibility index (Phi) is 5.52. The quantitative estimate of drug-likeness (QED) is 0.774. The van der Waals surface area contributed by atoms with E-state index in [1.54, 1.807) is 12.1 Å². The van der Waals surface area contributed by atoms with Crippen LogP contribution in [0.2, 0.25) is 0 Å². The fourth-order valence-corrected chi connectivity index (χ4v) is 2.45. The summed E-state index contributed by atoms with van der Waals surface area (Å²) in [6, 6.07) is 7.15. The summed E-state index contributed by atoms with van der Waals surface area (Å²) in [6.45, 7) is 3.35. The van der Waals surface area contributed by atoms with Gasteiger partial charge in [-0.3, -0.25) is 4.79 Å². The third kappa shape index (κ3) is 4.41. The Balaban J connectivity index is 1.80. The zero-order valence-corrected chi connectivity index (χ0v) is 12.8. The first-order valence-corrected chi connectivity index (χ1v) is 7.38. The van der Waals surface area contributed by atoms with Gasteiger partial charge in [-0.1, -0.05) is 24.4 Å². The average Bonchev–Trinajstić information content (AvgIpc) is 2.88. The fourth-order valence-electron chi connectivity index (χ4n) is 2.28. The Morgan fingerprint density at radius 1 is 1.52 bits per heavy atom. The summed E-state index contributed by atoms with van der Waals surface area (Å²) in [5.41, 5.74) is 6.25. The molecule has 1 aliphatic rings. The number of carbonyl (C=O) groups excluding carboxylic acids is 1. The lowest BCUT2D eigenvalue weighted by Crippen LogP contribution is -2.35. The van der Waals surface area contributed by atoms with Crippen molar-refractivity contribution in [3.8, 4) is 5.75 Å². The third-order valence-corrected chi connectivity index (χ3v) is 3.83. The van der Waals surface area contributed by atoms with Gasteiger partial charge < -0.3 is 20.5 Å². The van der Waals surface area contributed by atoms with Crippen molar-refractivity contribution in [3.05, 3.63) is 29.8 Å². The molecule has 21 heavy (non-hydrogen) atoms. The van der Waals surface area contributed by atoms with Crippen molar-refractivity contribution in [3.63, 3.8) is 0 Å². The number of para-hydroxylation sites is 1. The molecule has 1 aromatic rings. The van der Waals surface area contributed by atoms with E-state index in [-0.39, 0.29) is 23.6 Å². The molecule has 6 heteroatoms. The molecule has 0 radical (unpaired) electrons. The first-order chi connectivity index (χ1) is 10.1. The van der Waals surface area contributed by atoms with Gasteiger partial charge >= 0.3 is 0 Å². The van der Waals surface area contributed by atoms with Crippen molar-refractivity contribution in [2.75, 3.05) is 19.8 Å². The molecule has 0 bridgehead atoms. The first-order valence-electron chi connectivity index (χ1n) is 6.98. The van der Waals surface area contributed by atoms with E-state index in [4.69, 9.17) is 27.4 Å². The number of thiocarbonyl (C=S) groups is 1. The molecule has 0 aliphatic carbocycles. The predicted molar refractivity (Wildman–Crippen MR) is 84.4 cm³/mol. The van der Waals surface area contributed by atoms with Crippen LogP contribution in [0.4, 0.5) is 0 Å². The summed E-state index contributed by atoms with van der Waals surface area (Å²) in [4.78, 5) is 12.1. The van der Waals surface area contributed by atoms with Crippen LogP contribution < -0.4 is 15.8 Å². The van der Waals surface area contributed by atoms with Gasteiger partial charge in [-0.05, 0) is 25.5 Å². The maximum atomic E-state index is 11.8. The van der Waals surface area contributed by atoms with Crippen LogP contribution in [-0.2, 0) is 9.53 Å². The number of carbonyl (C=O) groups is 1. The lowest BCUT2D eigenvalue weighted by atomic mass is 10.0. The highest BCUT2D eigenvalue weighted by molar-refractivity contribution is 7.80. The minimum atomic E-state index is -0.160. The summed E-state index contributed by atoms with van der Waals surface area (Å²) >= 11 is 4.95. The molecule has 1 fully saturated rings. The van der Waals surface area contributed by atoms with Crippen molar-refractivity contribution in [2.24, 2.45) is 11.7 Å². The average molecular weight is 308 g/mol. The SMILES string of the molecule is CC1OCCC1CNC(=O)COc1ccccc1C(N)=S. The van der Waals surface area contributed by atoms with Gasteiger partial charge in [0.1, 0.15) is 10.7 Å². The van der Waals surface area contributed by atoms with Gasteiger partial charge in [0.05, 0.1) is 11.7 Å². The van der Waals surface area contributed by atoms with Crippen molar-refractivity contribution in [1.82, 2.24) is 5.32 Å². The third-order valence-electron chi connectivity index (χ3n) is 3.61. The molecule has 114 valence electrons. The number of amides is 1. The molecule has 5 nitrogen and oxygen atoms in total. The van der Waals surface area contributed by atoms with Crippen LogP contribution in [0.3, 0.4) is 0 Å². The highest BCUT2D eigenvalue weighted by atomic mass is 32.1. The van der Waals surface area contributed by atoms with Crippen LogP contribution in [0.5, 0.6) is 5.75 Å². The van der Waals surface area contributed by atoms with E-state index in [2.05, 4.69) is 5.32 Å². The van der Waals surface area contributed by atoms with Crippen LogP contribution in [-0.4, -0.2) is 36.8 Å². The number of ether oxygens (including phenoxy) is 2. The van der Waals surface area contributed by atoms with Gasteiger partial charge in [0.15, 0.2) is 6.61 Å². The topological polar surface area (TPSA) is 73.6 Å². The van der Waals surface area contributed by atoms with Crippen LogP contribution in [0.1, 0.15) is 18.9 Å².